The summed E-state index contributed by atoms with van der Waals surface area (Å²) in [7, 11) is 1.71. The van der Waals surface area contributed by atoms with Gasteiger partial charge in [-0.15, -0.1) is 11.3 Å². The van der Waals surface area contributed by atoms with E-state index in [1.807, 2.05) is 30.3 Å². The van der Waals surface area contributed by atoms with Gasteiger partial charge in [0.05, 0.1) is 11.8 Å². The van der Waals surface area contributed by atoms with Crippen LogP contribution < -0.4 is 0 Å². The number of aliphatic hydroxyl groups is 1. The Morgan fingerprint density at radius 3 is 2.69 bits per heavy atom. The number of nitrogens with zero attached hydrogens (tertiary/aromatic N) is 3. The van der Waals surface area contributed by atoms with Gasteiger partial charge in [-0.25, -0.2) is 9.37 Å². The largest absolute Gasteiger partial charge is 0.388 e. The van der Waals surface area contributed by atoms with Crippen LogP contribution in [0.15, 0.2) is 66.2 Å². The summed E-state index contributed by atoms with van der Waals surface area (Å²) in [6.45, 7) is 0.404. The Labute approximate surface area is 171 Å². The maximum absolute atomic E-state index is 14.1. The number of carbonyl (C=O) groups is 1. The quantitative estimate of drug-likeness (QED) is 0.514. The lowest BCUT2D eigenvalue weighted by atomic mass is 10.1. The molecule has 7 heteroatoms. The lowest BCUT2D eigenvalue weighted by Gasteiger charge is -2.19. The van der Waals surface area contributed by atoms with Crippen LogP contribution in [0.25, 0.3) is 16.2 Å². The number of amides is 1. The molecule has 2 aromatic heterocycles. The number of benzene rings is 2. The molecule has 4 aromatic rings. The van der Waals surface area contributed by atoms with Crippen LogP contribution in [0.2, 0.25) is 0 Å². The molecule has 29 heavy (non-hydrogen) atoms. The molecule has 2 aromatic carbocycles. The predicted octanol–water partition coefficient (Wildman–Crippen LogP) is 4.40. The van der Waals surface area contributed by atoms with E-state index in [2.05, 4.69) is 4.98 Å². The van der Waals surface area contributed by atoms with Gasteiger partial charge < -0.3 is 10.0 Å². The Morgan fingerprint density at radius 2 is 1.93 bits per heavy atom. The summed E-state index contributed by atoms with van der Waals surface area (Å²) >= 11 is 1.33. The molecule has 0 bridgehead atoms. The van der Waals surface area contributed by atoms with E-state index in [9.17, 15) is 14.3 Å². The number of imidazole rings is 1. The zero-order valence-corrected chi connectivity index (χ0v) is 16.6. The molecule has 1 N–H and O–H groups in total. The highest BCUT2D eigenvalue weighted by molar-refractivity contribution is 7.15. The Hall–Kier alpha value is -3.03. The average Bonchev–Trinajstić information content (AvgIpc) is 3.33. The van der Waals surface area contributed by atoms with Crippen molar-refractivity contribution in [3.05, 3.63) is 83.2 Å². The van der Waals surface area contributed by atoms with Crippen LogP contribution in [-0.2, 0) is 0 Å². The van der Waals surface area contributed by atoms with Gasteiger partial charge in [0.25, 0.3) is 5.91 Å². The van der Waals surface area contributed by atoms with E-state index in [1.165, 1.54) is 17.4 Å². The normalized spacial score (nSPS) is 12.2. The summed E-state index contributed by atoms with van der Waals surface area (Å²) in [6, 6.07) is 15.8. The van der Waals surface area contributed by atoms with Gasteiger partial charge >= 0.3 is 0 Å². The molecule has 0 aliphatic carbocycles. The summed E-state index contributed by atoms with van der Waals surface area (Å²) in [4.78, 5) is 19.6. The number of fused-ring (bicyclic) bond motifs is 1. The van der Waals surface area contributed by atoms with Crippen LogP contribution in [-0.4, -0.2) is 38.9 Å². The molecule has 1 unspecified atom stereocenters. The summed E-state index contributed by atoms with van der Waals surface area (Å²) < 4.78 is 15.8. The summed E-state index contributed by atoms with van der Waals surface area (Å²) in [5.74, 6) is -0.521. The number of hydrogen-bond donors (Lipinski definition) is 1. The fourth-order valence-electron chi connectivity index (χ4n) is 3.19. The van der Waals surface area contributed by atoms with E-state index in [0.717, 1.165) is 5.56 Å². The van der Waals surface area contributed by atoms with Crippen LogP contribution in [0.5, 0.6) is 0 Å². The van der Waals surface area contributed by atoms with Crippen molar-refractivity contribution >= 4 is 22.2 Å². The van der Waals surface area contributed by atoms with Crippen molar-refractivity contribution in [3.8, 4) is 11.3 Å². The van der Waals surface area contributed by atoms with E-state index in [-0.39, 0.29) is 11.7 Å². The summed E-state index contributed by atoms with van der Waals surface area (Å²) in [6.07, 6.45) is 1.49. The topological polar surface area (TPSA) is 57.8 Å². The number of hydrogen-bond acceptors (Lipinski definition) is 4. The molecular formula is C22H20FN3O2S. The standard InChI is InChI=1S/C22H20FN3O2S/c1-25(12-11-20(27)15-7-3-2-4-8-15)21(28)19-14-29-22-24-18(13-26(19)22)16-9-5-6-10-17(16)23/h2-10,13-14,20,27H,11-12H2,1H3. The summed E-state index contributed by atoms with van der Waals surface area (Å²) in [5, 5.41) is 12.1. The minimum absolute atomic E-state index is 0.172. The maximum Gasteiger partial charge on any atom is 0.271 e. The van der Waals surface area contributed by atoms with Crippen LogP contribution in [0.1, 0.15) is 28.6 Å². The van der Waals surface area contributed by atoms with Gasteiger partial charge in [0, 0.05) is 30.7 Å². The molecule has 0 aliphatic rings. The first-order valence-electron chi connectivity index (χ1n) is 9.24. The number of aliphatic hydroxyl groups excluding tert-OH is 1. The third-order valence-electron chi connectivity index (χ3n) is 4.85. The second-order valence-corrected chi connectivity index (χ2v) is 7.66. The fourth-order valence-corrected chi connectivity index (χ4v) is 4.04. The van der Waals surface area contributed by atoms with Crippen LogP contribution in [0.4, 0.5) is 4.39 Å². The molecule has 0 fully saturated rings. The number of carbonyl (C=O) groups excluding carboxylic acids is 1. The van der Waals surface area contributed by atoms with Crippen molar-refractivity contribution in [2.24, 2.45) is 0 Å². The molecule has 2 heterocycles. The number of thiazole rings is 1. The average molecular weight is 409 g/mol. The SMILES string of the molecule is CN(CCC(O)c1ccccc1)C(=O)c1csc2nc(-c3ccccc3F)cn12. The minimum Gasteiger partial charge on any atom is -0.388 e. The van der Waals surface area contributed by atoms with Crippen LogP contribution in [0, 0.1) is 5.82 Å². The minimum atomic E-state index is -0.630. The van der Waals surface area contributed by atoms with E-state index >= 15 is 0 Å². The molecular weight excluding hydrogens is 389 g/mol. The highest BCUT2D eigenvalue weighted by Crippen LogP contribution is 2.26. The lowest BCUT2D eigenvalue weighted by molar-refractivity contribution is 0.0755. The Balaban J connectivity index is 1.50. The fraction of sp³-hybridized carbons (Fsp3) is 0.182. The monoisotopic (exact) mass is 409 g/mol. The first-order valence-corrected chi connectivity index (χ1v) is 10.1. The highest BCUT2D eigenvalue weighted by Gasteiger charge is 2.20. The maximum atomic E-state index is 14.1. The lowest BCUT2D eigenvalue weighted by Crippen LogP contribution is -2.29. The molecule has 0 spiro atoms. The van der Waals surface area contributed by atoms with Crippen LogP contribution >= 0.6 is 11.3 Å². The molecule has 5 nitrogen and oxygen atoms in total. The van der Waals surface area contributed by atoms with Gasteiger partial charge in [-0.1, -0.05) is 42.5 Å². The second-order valence-electron chi connectivity index (χ2n) is 6.82. The third-order valence-corrected chi connectivity index (χ3v) is 5.69. The zero-order valence-electron chi connectivity index (χ0n) is 15.8. The summed E-state index contributed by atoms with van der Waals surface area (Å²) in [5.41, 5.74) is 2.19. The Kier molecular flexibility index (Phi) is 5.42. The Morgan fingerprint density at radius 1 is 1.21 bits per heavy atom. The van der Waals surface area contributed by atoms with Gasteiger partial charge in [-0.2, -0.15) is 0 Å². The van der Waals surface area contributed by atoms with Gasteiger partial charge in [-0.3, -0.25) is 9.20 Å². The van der Waals surface area contributed by atoms with Crippen LogP contribution in [0.3, 0.4) is 0 Å². The molecule has 0 saturated heterocycles. The first kappa shape index (κ1) is 19.3. The van der Waals surface area contributed by atoms with Crippen molar-refractivity contribution in [1.82, 2.24) is 14.3 Å². The van der Waals surface area contributed by atoms with Crippen molar-refractivity contribution in [3.63, 3.8) is 0 Å². The number of rotatable bonds is 6. The van der Waals surface area contributed by atoms with Crippen molar-refractivity contribution in [2.75, 3.05) is 13.6 Å². The number of aromatic nitrogens is 2. The highest BCUT2D eigenvalue weighted by atomic mass is 32.1. The van der Waals surface area contributed by atoms with E-state index in [1.54, 1.807) is 46.1 Å². The van der Waals surface area contributed by atoms with Gasteiger partial charge in [0.15, 0.2) is 4.96 Å². The molecule has 0 radical (unpaired) electrons. The van der Waals surface area contributed by atoms with Crippen molar-refractivity contribution in [1.29, 1.82) is 0 Å². The second kappa shape index (κ2) is 8.14. The van der Waals surface area contributed by atoms with Gasteiger partial charge in [-0.05, 0) is 24.1 Å². The molecule has 0 aliphatic heterocycles. The zero-order chi connectivity index (χ0) is 20.4. The predicted molar refractivity (Wildman–Crippen MR) is 111 cm³/mol. The smallest absolute Gasteiger partial charge is 0.271 e. The number of halogens is 1. The van der Waals surface area contributed by atoms with Crippen molar-refractivity contribution in [2.45, 2.75) is 12.5 Å². The molecule has 148 valence electrons. The molecule has 0 saturated carbocycles. The Bertz CT molecular complexity index is 1140. The van der Waals surface area contributed by atoms with Gasteiger partial charge in [0.2, 0.25) is 0 Å². The van der Waals surface area contributed by atoms with E-state index in [0.29, 0.717) is 34.9 Å². The first-order chi connectivity index (χ1) is 14.0. The van der Waals surface area contributed by atoms with E-state index in [4.69, 9.17) is 0 Å². The van der Waals surface area contributed by atoms with E-state index < -0.39 is 6.10 Å². The molecule has 1 amide bonds. The molecule has 1 atom stereocenters. The third kappa shape index (κ3) is 3.92. The molecule has 4 rings (SSSR count). The van der Waals surface area contributed by atoms with Gasteiger partial charge in [0.1, 0.15) is 11.5 Å². The van der Waals surface area contributed by atoms with Crippen molar-refractivity contribution < 1.29 is 14.3 Å².